The summed E-state index contributed by atoms with van der Waals surface area (Å²) in [5.74, 6) is -1.30. The van der Waals surface area contributed by atoms with Crippen LogP contribution in [0.2, 0.25) is 0 Å². The summed E-state index contributed by atoms with van der Waals surface area (Å²) in [7, 11) is 0. The molecule has 2 fully saturated rings. The van der Waals surface area contributed by atoms with E-state index in [0.29, 0.717) is 4.90 Å². The summed E-state index contributed by atoms with van der Waals surface area (Å²) >= 11 is 1.19. The first kappa shape index (κ1) is 16.1. The van der Waals surface area contributed by atoms with E-state index < -0.39 is 11.2 Å². The van der Waals surface area contributed by atoms with Crippen LogP contribution in [0.25, 0.3) is 0 Å². The fourth-order valence-electron chi connectivity index (χ4n) is 3.34. The maximum atomic E-state index is 12.6. The Hall–Kier alpha value is -1.82. The van der Waals surface area contributed by atoms with Gasteiger partial charge >= 0.3 is 5.97 Å². The highest BCUT2D eigenvalue weighted by atomic mass is 32.2. The van der Waals surface area contributed by atoms with Crippen molar-refractivity contribution in [1.29, 1.82) is 0 Å². The van der Waals surface area contributed by atoms with E-state index in [4.69, 9.17) is 0 Å². The molecule has 1 aromatic rings. The van der Waals surface area contributed by atoms with Crippen LogP contribution < -0.4 is 0 Å². The molecule has 2 aliphatic rings. The number of benzene rings is 1. The normalized spacial score (nSPS) is 22.6. The highest BCUT2D eigenvalue weighted by Crippen LogP contribution is 2.36. The number of likely N-dealkylation sites (tertiary alicyclic amines) is 1. The molecule has 5 nitrogen and oxygen atoms in total. The van der Waals surface area contributed by atoms with Gasteiger partial charge in [0, 0.05) is 17.4 Å². The molecule has 3 rings (SSSR count). The van der Waals surface area contributed by atoms with Crippen LogP contribution in [0.5, 0.6) is 0 Å². The zero-order chi connectivity index (χ0) is 16.4. The first-order valence-electron chi connectivity index (χ1n) is 7.93. The molecule has 1 saturated heterocycles. The van der Waals surface area contributed by atoms with Gasteiger partial charge < -0.3 is 5.11 Å². The molecule has 1 N–H and O–H groups in total. The second kappa shape index (κ2) is 6.74. The molecular formula is C17H19NO4S. The third-order valence-corrected chi connectivity index (χ3v) is 5.73. The van der Waals surface area contributed by atoms with E-state index in [1.54, 1.807) is 18.2 Å². The van der Waals surface area contributed by atoms with E-state index in [9.17, 15) is 19.5 Å². The topological polar surface area (TPSA) is 74.7 Å². The Kier molecular flexibility index (Phi) is 4.71. The lowest BCUT2D eigenvalue weighted by Gasteiger charge is -2.29. The van der Waals surface area contributed by atoms with Crippen LogP contribution in [0.15, 0.2) is 29.2 Å². The summed E-state index contributed by atoms with van der Waals surface area (Å²) < 4.78 is 0. The minimum atomic E-state index is -1.02. The van der Waals surface area contributed by atoms with Crippen molar-refractivity contribution in [1.82, 2.24) is 4.90 Å². The van der Waals surface area contributed by atoms with E-state index >= 15 is 0 Å². The van der Waals surface area contributed by atoms with Gasteiger partial charge in [-0.1, -0.05) is 31.4 Å². The summed E-state index contributed by atoms with van der Waals surface area (Å²) in [6.07, 6.45) is 5.22. The SMILES string of the molecule is O=C(O)c1ccccc1S[C@H]1CC(=O)N(C2CCCCC2)C1=O. The molecule has 2 amide bonds. The first-order chi connectivity index (χ1) is 11.1. The fourth-order valence-corrected chi connectivity index (χ4v) is 4.52. The molecule has 1 heterocycles. The second-order valence-electron chi connectivity index (χ2n) is 6.01. The Labute approximate surface area is 139 Å². The van der Waals surface area contributed by atoms with Crippen molar-refractivity contribution in [2.24, 2.45) is 0 Å². The molecule has 122 valence electrons. The highest BCUT2D eigenvalue weighted by molar-refractivity contribution is 8.00. The van der Waals surface area contributed by atoms with E-state index in [-0.39, 0.29) is 29.8 Å². The van der Waals surface area contributed by atoms with Crippen molar-refractivity contribution in [3.8, 4) is 0 Å². The minimum Gasteiger partial charge on any atom is -0.478 e. The molecule has 1 saturated carbocycles. The van der Waals surface area contributed by atoms with E-state index in [1.807, 2.05) is 0 Å². The van der Waals surface area contributed by atoms with Gasteiger partial charge in [-0.3, -0.25) is 14.5 Å². The van der Waals surface area contributed by atoms with E-state index in [0.717, 1.165) is 32.1 Å². The van der Waals surface area contributed by atoms with Gasteiger partial charge in [-0.05, 0) is 25.0 Å². The van der Waals surface area contributed by atoms with Gasteiger partial charge in [-0.2, -0.15) is 0 Å². The van der Waals surface area contributed by atoms with Crippen molar-refractivity contribution in [2.45, 2.75) is 54.7 Å². The fraction of sp³-hybridized carbons (Fsp3) is 0.471. The quantitative estimate of drug-likeness (QED) is 0.858. The Morgan fingerprint density at radius 3 is 2.52 bits per heavy atom. The van der Waals surface area contributed by atoms with Crippen LogP contribution >= 0.6 is 11.8 Å². The summed E-state index contributed by atoms with van der Waals surface area (Å²) in [6.45, 7) is 0. The van der Waals surface area contributed by atoms with Crippen LogP contribution in [-0.4, -0.2) is 39.1 Å². The molecule has 0 radical (unpaired) electrons. The number of carboxylic acids is 1. The lowest BCUT2D eigenvalue weighted by atomic mass is 9.94. The van der Waals surface area contributed by atoms with Crippen molar-refractivity contribution < 1.29 is 19.5 Å². The van der Waals surface area contributed by atoms with Crippen molar-refractivity contribution in [2.75, 3.05) is 0 Å². The number of amides is 2. The van der Waals surface area contributed by atoms with Crippen molar-refractivity contribution >= 4 is 29.5 Å². The predicted octanol–water partition coefficient (Wildman–Crippen LogP) is 2.94. The number of aromatic carboxylic acids is 1. The van der Waals surface area contributed by atoms with Gasteiger partial charge in [-0.15, -0.1) is 11.8 Å². The number of hydrogen-bond acceptors (Lipinski definition) is 4. The monoisotopic (exact) mass is 333 g/mol. The van der Waals surface area contributed by atoms with Gasteiger partial charge in [0.25, 0.3) is 0 Å². The lowest BCUT2D eigenvalue weighted by molar-refractivity contribution is -0.141. The third-order valence-electron chi connectivity index (χ3n) is 4.47. The summed E-state index contributed by atoms with van der Waals surface area (Å²) in [6, 6.07) is 6.64. The number of carboxylic acid groups (broad SMARTS) is 1. The molecule has 0 aromatic heterocycles. The van der Waals surface area contributed by atoms with Gasteiger partial charge in [-0.25, -0.2) is 4.79 Å². The standard InChI is InChI=1S/C17H19NO4S/c19-15-10-14(16(20)18(15)11-6-2-1-3-7-11)23-13-9-5-4-8-12(13)17(21)22/h4-5,8-9,11,14H,1-3,6-7,10H2,(H,21,22)/t14-/m0/s1. The lowest BCUT2D eigenvalue weighted by Crippen LogP contribution is -2.41. The molecular weight excluding hydrogens is 314 g/mol. The first-order valence-corrected chi connectivity index (χ1v) is 8.81. The van der Waals surface area contributed by atoms with Gasteiger partial charge in [0.15, 0.2) is 0 Å². The van der Waals surface area contributed by atoms with Gasteiger partial charge in [0.1, 0.15) is 0 Å². The number of thioether (sulfide) groups is 1. The summed E-state index contributed by atoms with van der Waals surface area (Å²) in [5.41, 5.74) is 0.175. The number of carbonyl (C=O) groups excluding carboxylic acids is 2. The van der Waals surface area contributed by atoms with E-state index in [1.165, 1.54) is 22.7 Å². The smallest absolute Gasteiger partial charge is 0.336 e. The minimum absolute atomic E-state index is 0.0315. The summed E-state index contributed by atoms with van der Waals surface area (Å²) in [5, 5.41) is 8.73. The maximum absolute atomic E-state index is 12.6. The molecule has 1 atom stereocenters. The van der Waals surface area contributed by atoms with Crippen LogP contribution in [0.4, 0.5) is 0 Å². The Morgan fingerprint density at radius 2 is 1.83 bits per heavy atom. The number of rotatable bonds is 4. The molecule has 0 unspecified atom stereocenters. The van der Waals surface area contributed by atoms with Crippen molar-refractivity contribution in [3.63, 3.8) is 0 Å². The number of imide groups is 1. The van der Waals surface area contributed by atoms with E-state index in [2.05, 4.69) is 0 Å². The second-order valence-corrected chi connectivity index (χ2v) is 7.25. The average molecular weight is 333 g/mol. The van der Waals surface area contributed by atoms with Gasteiger partial charge in [0.05, 0.1) is 10.8 Å². The van der Waals surface area contributed by atoms with Crippen LogP contribution in [0.1, 0.15) is 48.9 Å². The molecule has 6 heteroatoms. The molecule has 1 aromatic carbocycles. The third kappa shape index (κ3) is 3.27. The molecule has 0 spiro atoms. The average Bonchev–Trinajstić information content (AvgIpc) is 2.82. The summed E-state index contributed by atoms with van der Waals surface area (Å²) in [4.78, 5) is 38.2. The van der Waals surface area contributed by atoms with Crippen LogP contribution in [0, 0.1) is 0 Å². The predicted molar refractivity (Wildman–Crippen MR) is 86.4 cm³/mol. The molecule has 23 heavy (non-hydrogen) atoms. The maximum Gasteiger partial charge on any atom is 0.336 e. The number of hydrogen-bond donors (Lipinski definition) is 1. The Bertz CT molecular complexity index is 639. The highest BCUT2D eigenvalue weighted by Gasteiger charge is 2.43. The molecule has 1 aliphatic heterocycles. The number of nitrogens with zero attached hydrogens (tertiary/aromatic N) is 1. The van der Waals surface area contributed by atoms with Crippen molar-refractivity contribution in [3.05, 3.63) is 29.8 Å². The Morgan fingerprint density at radius 1 is 1.13 bits per heavy atom. The van der Waals surface area contributed by atoms with Gasteiger partial charge in [0.2, 0.25) is 11.8 Å². The largest absolute Gasteiger partial charge is 0.478 e. The molecule has 0 bridgehead atoms. The van der Waals surface area contributed by atoms with Crippen LogP contribution in [-0.2, 0) is 9.59 Å². The zero-order valence-corrected chi connectivity index (χ0v) is 13.6. The zero-order valence-electron chi connectivity index (χ0n) is 12.7. The number of carbonyl (C=O) groups is 3. The van der Waals surface area contributed by atoms with Crippen LogP contribution in [0.3, 0.4) is 0 Å². The molecule has 1 aliphatic carbocycles. The Balaban J connectivity index is 1.76.